The Labute approximate surface area is 161 Å². The summed E-state index contributed by atoms with van der Waals surface area (Å²) in [7, 11) is 0. The topological polar surface area (TPSA) is 58.6 Å². The number of rotatable bonds is 7. The van der Waals surface area contributed by atoms with Crippen LogP contribution in [0.1, 0.15) is 46.5 Å². The third-order valence-corrected chi connectivity index (χ3v) is 4.86. The van der Waals surface area contributed by atoms with Crippen LogP contribution in [0.2, 0.25) is 5.02 Å². The van der Waals surface area contributed by atoms with E-state index in [-0.39, 0.29) is 17.7 Å². The molecule has 1 fully saturated rings. The van der Waals surface area contributed by atoms with Gasteiger partial charge in [0.2, 0.25) is 5.91 Å². The molecule has 1 aromatic rings. The summed E-state index contributed by atoms with van der Waals surface area (Å²) in [6, 6.07) is 6.96. The summed E-state index contributed by atoms with van der Waals surface area (Å²) < 4.78 is 5.90. The van der Waals surface area contributed by atoms with Crippen molar-refractivity contribution in [2.24, 2.45) is 5.92 Å². The van der Waals surface area contributed by atoms with Crippen molar-refractivity contribution in [3.63, 3.8) is 0 Å². The van der Waals surface area contributed by atoms with Gasteiger partial charge in [0.15, 0.2) is 5.60 Å². The van der Waals surface area contributed by atoms with Crippen LogP contribution < -0.4 is 10.1 Å². The third kappa shape index (κ3) is 5.63. The van der Waals surface area contributed by atoms with E-state index < -0.39 is 5.60 Å². The summed E-state index contributed by atoms with van der Waals surface area (Å²) in [4.78, 5) is 27.0. The van der Waals surface area contributed by atoms with E-state index in [1.165, 1.54) is 0 Å². The predicted molar refractivity (Wildman–Crippen MR) is 103 cm³/mol. The molecule has 5 nitrogen and oxygen atoms in total. The molecule has 144 valence electrons. The number of carbonyl (C=O) groups excluding carboxylic acids is 2. The second-order valence-corrected chi connectivity index (χ2v) is 7.74. The van der Waals surface area contributed by atoms with Crippen LogP contribution in [-0.4, -0.2) is 41.9 Å². The number of piperidine rings is 1. The molecule has 1 heterocycles. The molecule has 1 N–H and O–H groups in total. The summed E-state index contributed by atoms with van der Waals surface area (Å²) in [5.74, 6) is 0.403. The van der Waals surface area contributed by atoms with Gasteiger partial charge in [0.25, 0.3) is 5.91 Å². The summed E-state index contributed by atoms with van der Waals surface area (Å²) in [6.07, 6.45) is 3.67. The fourth-order valence-corrected chi connectivity index (χ4v) is 3.26. The molecule has 0 bridgehead atoms. The lowest BCUT2D eigenvalue weighted by molar-refractivity contribution is -0.148. The molecule has 0 aromatic heterocycles. The first-order valence-corrected chi connectivity index (χ1v) is 9.73. The molecule has 0 spiro atoms. The summed E-state index contributed by atoms with van der Waals surface area (Å²) in [5, 5.41) is 3.60. The number of nitrogens with one attached hydrogen (secondary N) is 1. The Bertz CT molecular complexity index is 616. The minimum Gasteiger partial charge on any atom is -0.478 e. The molecule has 0 aliphatic carbocycles. The fraction of sp³-hybridized carbons (Fsp3) is 0.600. The highest BCUT2D eigenvalue weighted by atomic mass is 35.5. The zero-order valence-electron chi connectivity index (χ0n) is 15.9. The van der Waals surface area contributed by atoms with E-state index in [0.717, 1.165) is 25.7 Å². The minimum atomic E-state index is -1.01. The van der Waals surface area contributed by atoms with Crippen LogP contribution in [0.4, 0.5) is 0 Å². The lowest BCUT2D eigenvalue weighted by Gasteiger charge is -2.37. The van der Waals surface area contributed by atoms with Crippen molar-refractivity contribution < 1.29 is 14.3 Å². The molecule has 26 heavy (non-hydrogen) atoms. The number of hydrogen-bond acceptors (Lipinski definition) is 3. The number of amides is 2. The minimum absolute atomic E-state index is 0.0485. The smallest absolute Gasteiger partial charge is 0.266 e. The maximum atomic E-state index is 13.0. The van der Waals surface area contributed by atoms with Gasteiger partial charge in [-0.25, -0.2) is 0 Å². The van der Waals surface area contributed by atoms with Crippen molar-refractivity contribution >= 4 is 23.4 Å². The summed E-state index contributed by atoms with van der Waals surface area (Å²) in [5.41, 5.74) is -1.01. The van der Waals surface area contributed by atoms with Gasteiger partial charge in [0, 0.05) is 24.7 Å². The van der Waals surface area contributed by atoms with Crippen LogP contribution in [0.15, 0.2) is 24.3 Å². The number of likely N-dealkylation sites (tertiary alicyclic amines) is 1. The molecule has 1 saturated heterocycles. The SMILES string of the molecule is CCCCNC(=O)C1CCCN(C(=O)C(C)(C)Oc2ccc(Cl)cc2)C1. The second kappa shape index (κ2) is 9.26. The Balaban J connectivity index is 1.96. The molecule has 1 unspecified atom stereocenters. The third-order valence-electron chi connectivity index (χ3n) is 4.61. The van der Waals surface area contributed by atoms with Crippen LogP contribution in [0.3, 0.4) is 0 Å². The molecule has 1 aliphatic heterocycles. The van der Waals surface area contributed by atoms with Crippen molar-refractivity contribution in [3.8, 4) is 5.75 Å². The normalized spacial score (nSPS) is 17.7. The first kappa shape index (κ1) is 20.6. The second-order valence-electron chi connectivity index (χ2n) is 7.30. The molecule has 0 radical (unpaired) electrons. The number of unbranched alkanes of at least 4 members (excludes halogenated alkanes) is 1. The number of nitrogens with zero attached hydrogens (tertiary/aromatic N) is 1. The molecular formula is C20H29ClN2O3. The molecule has 6 heteroatoms. The first-order valence-electron chi connectivity index (χ1n) is 9.35. The Morgan fingerprint density at radius 1 is 1.31 bits per heavy atom. The lowest BCUT2D eigenvalue weighted by atomic mass is 9.95. The van der Waals surface area contributed by atoms with E-state index in [0.29, 0.717) is 30.4 Å². The first-order chi connectivity index (χ1) is 12.3. The van der Waals surface area contributed by atoms with E-state index in [1.54, 1.807) is 43.0 Å². The molecule has 2 amide bonds. The van der Waals surface area contributed by atoms with Crippen molar-refractivity contribution in [2.45, 2.75) is 52.1 Å². The largest absolute Gasteiger partial charge is 0.478 e. The fourth-order valence-electron chi connectivity index (χ4n) is 3.13. The Morgan fingerprint density at radius 3 is 2.65 bits per heavy atom. The van der Waals surface area contributed by atoms with E-state index >= 15 is 0 Å². The van der Waals surface area contributed by atoms with Crippen molar-refractivity contribution in [1.82, 2.24) is 10.2 Å². The quantitative estimate of drug-likeness (QED) is 0.734. The molecule has 0 saturated carbocycles. The van der Waals surface area contributed by atoms with E-state index in [1.807, 2.05) is 0 Å². The van der Waals surface area contributed by atoms with Gasteiger partial charge in [0.1, 0.15) is 5.75 Å². The van der Waals surface area contributed by atoms with Gasteiger partial charge in [-0.3, -0.25) is 9.59 Å². The molecular weight excluding hydrogens is 352 g/mol. The highest BCUT2D eigenvalue weighted by Gasteiger charge is 2.37. The molecule has 1 atom stereocenters. The van der Waals surface area contributed by atoms with Crippen LogP contribution in [0.25, 0.3) is 0 Å². The van der Waals surface area contributed by atoms with E-state index in [4.69, 9.17) is 16.3 Å². The van der Waals surface area contributed by atoms with Crippen LogP contribution in [0.5, 0.6) is 5.75 Å². The average molecular weight is 381 g/mol. The Hall–Kier alpha value is -1.75. The monoisotopic (exact) mass is 380 g/mol. The zero-order chi connectivity index (χ0) is 19.2. The van der Waals surface area contributed by atoms with E-state index in [9.17, 15) is 9.59 Å². The van der Waals surface area contributed by atoms with Gasteiger partial charge in [-0.1, -0.05) is 24.9 Å². The number of halogens is 1. The van der Waals surface area contributed by atoms with Crippen molar-refractivity contribution in [3.05, 3.63) is 29.3 Å². The summed E-state index contributed by atoms with van der Waals surface area (Å²) >= 11 is 5.89. The zero-order valence-corrected chi connectivity index (χ0v) is 16.6. The standard InChI is InChI=1S/C20H29ClN2O3/c1-4-5-12-22-18(24)15-7-6-13-23(14-15)19(25)20(2,3)26-17-10-8-16(21)9-11-17/h8-11,15H,4-7,12-14H2,1-3H3,(H,22,24). The van der Waals surface area contributed by atoms with Crippen LogP contribution >= 0.6 is 11.6 Å². The Morgan fingerprint density at radius 2 is 2.00 bits per heavy atom. The Kier molecular flexibility index (Phi) is 7.33. The number of hydrogen-bond donors (Lipinski definition) is 1. The van der Waals surface area contributed by atoms with Crippen molar-refractivity contribution in [1.29, 1.82) is 0 Å². The van der Waals surface area contributed by atoms with Gasteiger partial charge in [-0.2, -0.15) is 0 Å². The van der Waals surface area contributed by atoms with Gasteiger partial charge in [0.05, 0.1) is 5.92 Å². The summed E-state index contributed by atoms with van der Waals surface area (Å²) in [6.45, 7) is 7.42. The van der Waals surface area contributed by atoms with Gasteiger partial charge < -0.3 is 15.0 Å². The van der Waals surface area contributed by atoms with Crippen LogP contribution in [0, 0.1) is 5.92 Å². The molecule has 1 aliphatic rings. The maximum Gasteiger partial charge on any atom is 0.266 e. The van der Waals surface area contributed by atoms with Gasteiger partial charge in [-0.05, 0) is 57.4 Å². The van der Waals surface area contributed by atoms with Crippen LogP contribution in [-0.2, 0) is 9.59 Å². The van der Waals surface area contributed by atoms with Gasteiger partial charge >= 0.3 is 0 Å². The molecule has 2 rings (SSSR count). The van der Waals surface area contributed by atoms with Crippen molar-refractivity contribution in [2.75, 3.05) is 19.6 Å². The van der Waals surface area contributed by atoms with E-state index in [2.05, 4.69) is 12.2 Å². The number of ether oxygens (including phenoxy) is 1. The maximum absolute atomic E-state index is 13.0. The van der Waals surface area contributed by atoms with Gasteiger partial charge in [-0.15, -0.1) is 0 Å². The molecule has 1 aromatic carbocycles. The highest BCUT2D eigenvalue weighted by Crippen LogP contribution is 2.25. The highest BCUT2D eigenvalue weighted by molar-refractivity contribution is 6.30. The predicted octanol–water partition coefficient (Wildman–Crippen LogP) is 3.65. The number of benzene rings is 1. The lowest BCUT2D eigenvalue weighted by Crippen LogP contribution is -2.53. The number of carbonyl (C=O) groups is 2. The average Bonchev–Trinajstić information content (AvgIpc) is 2.63.